The largest absolute Gasteiger partial charge is 0.347 e. The van der Waals surface area contributed by atoms with E-state index in [1.54, 1.807) is 24.7 Å². The number of nitrogens with one attached hydrogen (secondary N) is 1. The van der Waals surface area contributed by atoms with E-state index >= 15 is 0 Å². The SMILES string of the molecule is O=C(NC1CCC(n2cc(-c3ccncn3)cn2)CC1)c1ncccn1. The third-order valence-corrected chi connectivity index (χ3v) is 4.65. The van der Waals surface area contributed by atoms with Crippen LogP contribution in [0.25, 0.3) is 11.3 Å². The average Bonchev–Trinajstić information content (AvgIpc) is 3.20. The Labute approximate surface area is 150 Å². The molecule has 3 aromatic heterocycles. The van der Waals surface area contributed by atoms with Crippen LogP contribution in [0.2, 0.25) is 0 Å². The molecule has 0 aliphatic heterocycles. The number of hydrogen-bond acceptors (Lipinski definition) is 6. The van der Waals surface area contributed by atoms with Gasteiger partial charge in [0.1, 0.15) is 6.33 Å². The molecule has 1 amide bonds. The van der Waals surface area contributed by atoms with Crippen molar-refractivity contribution in [1.29, 1.82) is 0 Å². The van der Waals surface area contributed by atoms with Gasteiger partial charge in [-0.3, -0.25) is 9.48 Å². The molecule has 0 radical (unpaired) electrons. The smallest absolute Gasteiger partial charge is 0.289 e. The Bertz CT molecular complexity index is 858. The number of nitrogens with zero attached hydrogens (tertiary/aromatic N) is 6. The van der Waals surface area contributed by atoms with Crippen LogP contribution in [0.3, 0.4) is 0 Å². The van der Waals surface area contributed by atoms with Crippen LogP contribution in [0, 0.1) is 0 Å². The normalized spacial score (nSPS) is 19.8. The predicted octanol–water partition coefficient (Wildman–Crippen LogP) is 2.04. The standard InChI is InChI=1S/C18H19N7O/c26-18(17-20-7-1-8-21-17)24-14-2-4-15(5-3-14)25-11-13(10-23-25)16-6-9-19-12-22-16/h1,6-12,14-15H,2-5H2,(H,24,26). The van der Waals surface area contributed by atoms with Crippen molar-refractivity contribution in [2.24, 2.45) is 0 Å². The lowest BCUT2D eigenvalue weighted by Crippen LogP contribution is -2.38. The maximum atomic E-state index is 12.2. The molecule has 0 spiro atoms. The fourth-order valence-corrected chi connectivity index (χ4v) is 3.28. The molecule has 0 atom stereocenters. The fourth-order valence-electron chi connectivity index (χ4n) is 3.28. The summed E-state index contributed by atoms with van der Waals surface area (Å²) in [6, 6.07) is 4.06. The van der Waals surface area contributed by atoms with Gasteiger partial charge in [-0.2, -0.15) is 5.10 Å². The molecule has 1 aliphatic carbocycles. The Hall–Kier alpha value is -3.16. The summed E-state index contributed by atoms with van der Waals surface area (Å²) in [5.41, 5.74) is 1.86. The van der Waals surface area contributed by atoms with Crippen LogP contribution < -0.4 is 5.32 Å². The van der Waals surface area contributed by atoms with E-state index in [1.807, 2.05) is 23.1 Å². The second-order valence-electron chi connectivity index (χ2n) is 6.35. The number of carbonyl (C=O) groups excluding carboxylic acids is 1. The molecule has 3 aromatic rings. The highest BCUT2D eigenvalue weighted by atomic mass is 16.2. The number of hydrogen-bond donors (Lipinski definition) is 1. The lowest BCUT2D eigenvalue weighted by atomic mass is 9.91. The van der Waals surface area contributed by atoms with Crippen molar-refractivity contribution < 1.29 is 4.79 Å². The van der Waals surface area contributed by atoms with Crippen molar-refractivity contribution in [2.45, 2.75) is 37.8 Å². The summed E-state index contributed by atoms with van der Waals surface area (Å²) >= 11 is 0. The third kappa shape index (κ3) is 3.58. The van der Waals surface area contributed by atoms with Crippen LogP contribution in [0.5, 0.6) is 0 Å². The lowest BCUT2D eigenvalue weighted by Gasteiger charge is -2.29. The monoisotopic (exact) mass is 349 g/mol. The first-order valence-corrected chi connectivity index (χ1v) is 8.68. The molecule has 1 N–H and O–H groups in total. The van der Waals surface area contributed by atoms with Gasteiger partial charge in [0.15, 0.2) is 0 Å². The summed E-state index contributed by atoms with van der Waals surface area (Å²) in [5.74, 6) is 0.00961. The van der Waals surface area contributed by atoms with Gasteiger partial charge in [0.2, 0.25) is 5.82 Å². The van der Waals surface area contributed by atoms with Gasteiger partial charge in [-0.1, -0.05) is 0 Å². The number of rotatable bonds is 4. The molecule has 1 fully saturated rings. The summed E-state index contributed by atoms with van der Waals surface area (Å²) in [4.78, 5) is 28.3. The Morgan fingerprint density at radius 2 is 1.88 bits per heavy atom. The Morgan fingerprint density at radius 1 is 1.08 bits per heavy atom. The van der Waals surface area contributed by atoms with E-state index in [1.165, 1.54) is 6.33 Å². The van der Waals surface area contributed by atoms with Gasteiger partial charge in [-0.15, -0.1) is 0 Å². The van der Waals surface area contributed by atoms with E-state index in [2.05, 4.69) is 30.4 Å². The maximum Gasteiger partial charge on any atom is 0.289 e. The number of amides is 1. The number of carbonyl (C=O) groups is 1. The average molecular weight is 349 g/mol. The van der Waals surface area contributed by atoms with Gasteiger partial charge in [0.05, 0.1) is 17.9 Å². The van der Waals surface area contributed by atoms with Gasteiger partial charge in [0, 0.05) is 36.4 Å². The lowest BCUT2D eigenvalue weighted by molar-refractivity contribution is 0.0911. The number of aromatic nitrogens is 6. The molecule has 132 valence electrons. The van der Waals surface area contributed by atoms with Crippen LogP contribution >= 0.6 is 0 Å². The molecule has 3 heterocycles. The molecular weight excluding hydrogens is 330 g/mol. The van der Waals surface area contributed by atoms with Crippen LogP contribution in [0.15, 0.2) is 49.4 Å². The first kappa shape index (κ1) is 16.3. The first-order chi connectivity index (χ1) is 12.8. The minimum atomic E-state index is -0.209. The molecule has 26 heavy (non-hydrogen) atoms. The van der Waals surface area contributed by atoms with E-state index in [0.29, 0.717) is 6.04 Å². The molecule has 4 rings (SSSR count). The molecule has 0 aromatic carbocycles. The van der Waals surface area contributed by atoms with Gasteiger partial charge >= 0.3 is 0 Å². The van der Waals surface area contributed by atoms with Crippen LogP contribution in [-0.4, -0.2) is 41.7 Å². The van der Waals surface area contributed by atoms with Crippen LogP contribution in [-0.2, 0) is 0 Å². The van der Waals surface area contributed by atoms with E-state index in [9.17, 15) is 4.79 Å². The van der Waals surface area contributed by atoms with Gasteiger partial charge < -0.3 is 5.32 Å². The summed E-state index contributed by atoms with van der Waals surface area (Å²) in [5, 5.41) is 7.53. The zero-order chi connectivity index (χ0) is 17.8. The van der Waals surface area contributed by atoms with Gasteiger partial charge in [-0.05, 0) is 37.8 Å². The summed E-state index contributed by atoms with van der Waals surface area (Å²) in [6.07, 6.45) is 14.0. The molecule has 1 saturated carbocycles. The fraction of sp³-hybridized carbons (Fsp3) is 0.333. The zero-order valence-corrected chi connectivity index (χ0v) is 14.2. The van der Waals surface area contributed by atoms with Crippen LogP contribution in [0.1, 0.15) is 42.3 Å². The first-order valence-electron chi connectivity index (χ1n) is 8.68. The highest BCUT2D eigenvalue weighted by Gasteiger charge is 2.25. The second kappa shape index (κ2) is 7.38. The maximum absolute atomic E-state index is 12.2. The summed E-state index contributed by atoms with van der Waals surface area (Å²) < 4.78 is 2.01. The summed E-state index contributed by atoms with van der Waals surface area (Å²) in [6.45, 7) is 0. The Morgan fingerprint density at radius 3 is 2.62 bits per heavy atom. The van der Waals surface area contributed by atoms with Gasteiger partial charge in [0.25, 0.3) is 5.91 Å². The van der Waals surface area contributed by atoms with Crippen molar-refractivity contribution in [3.63, 3.8) is 0 Å². The molecule has 0 saturated heterocycles. The Kier molecular flexibility index (Phi) is 4.63. The van der Waals surface area contributed by atoms with Crippen molar-refractivity contribution in [3.05, 3.63) is 55.3 Å². The highest BCUT2D eigenvalue weighted by molar-refractivity contribution is 5.90. The topological polar surface area (TPSA) is 98.5 Å². The highest BCUT2D eigenvalue weighted by Crippen LogP contribution is 2.29. The van der Waals surface area contributed by atoms with Crippen LogP contribution in [0.4, 0.5) is 0 Å². The van der Waals surface area contributed by atoms with Crippen molar-refractivity contribution in [2.75, 3.05) is 0 Å². The molecule has 8 heteroatoms. The zero-order valence-electron chi connectivity index (χ0n) is 14.2. The van der Waals surface area contributed by atoms with E-state index in [-0.39, 0.29) is 17.8 Å². The van der Waals surface area contributed by atoms with Crippen molar-refractivity contribution in [1.82, 2.24) is 35.0 Å². The van der Waals surface area contributed by atoms with E-state index < -0.39 is 0 Å². The third-order valence-electron chi connectivity index (χ3n) is 4.65. The Balaban J connectivity index is 1.34. The predicted molar refractivity (Wildman–Crippen MR) is 94.0 cm³/mol. The van der Waals surface area contributed by atoms with E-state index in [4.69, 9.17) is 0 Å². The van der Waals surface area contributed by atoms with Crippen molar-refractivity contribution in [3.8, 4) is 11.3 Å². The second-order valence-corrected chi connectivity index (χ2v) is 6.35. The minimum Gasteiger partial charge on any atom is -0.347 e. The molecule has 0 unspecified atom stereocenters. The quantitative estimate of drug-likeness (QED) is 0.774. The molecule has 1 aliphatic rings. The van der Waals surface area contributed by atoms with Crippen molar-refractivity contribution >= 4 is 5.91 Å². The summed E-state index contributed by atoms with van der Waals surface area (Å²) in [7, 11) is 0. The molecule has 0 bridgehead atoms. The minimum absolute atomic E-state index is 0.152. The molecule has 8 nitrogen and oxygen atoms in total. The van der Waals surface area contributed by atoms with Gasteiger partial charge in [-0.25, -0.2) is 19.9 Å². The van der Waals surface area contributed by atoms with E-state index in [0.717, 1.165) is 36.9 Å². The molecular formula is C18H19N7O.